The molecule has 0 aliphatic carbocycles. The maximum absolute atomic E-state index is 13.4. The van der Waals surface area contributed by atoms with Crippen LogP contribution in [0.1, 0.15) is 10.4 Å². The van der Waals surface area contributed by atoms with Crippen molar-refractivity contribution in [3.05, 3.63) is 95.9 Å². The van der Waals surface area contributed by atoms with E-state index in [9.17, 15) is 13.2 Å². The fraction of sp³-hybridized carbons (Fsp3) is 0.0833. The van der Waals surface area contributed by atoms with Crippen molar-refractivity contribution in [1.29, 1.82) is 0 Å². The quantitative estimate of drug-likeness (QED) is 0.273. The molecule has 0 fully saturated rings. The van der Waals surface area contributed by atoms with E-state index in [1.54, 1.807) is 73.7 Å². The van der Waals surface area contributed by atoms with E-state index in [2.05, 4.69) is 4.98 Å². The molecule has 4 rings (SSSR count). The summed E-state index contributed by atoms with van der Waals surface area (Å²) >= 11 is 6.07. The van der Waals surface area contributed by atoms with E-state index in [0.717, 1.165) is 3.97 Å². The van der Waals surface area contributed by atoms with Crippen molar-refractivity contribution in [1.82, 2.24) is 13.9 Å². The number of hydrogen-bond acceptors (Lipinski definition) is 6. The van der Waals surface area contributed by atoms with Crippen molar-refractivity contribution in [2.45, 2.75) is 4.90 Å². The average Bonchev–Trinajstić information content (AvgIpc) is 3.20. The van der Waals surface area contributed by atoms with Crippen LogP contribution in [0.4, 0.5) is 0 Å². The minimum Gasteiger partial charge on any atom is -0.456 e. The van der Waals surface area contributed by atoms with Gasteiger partial charge in [-0.15, -0.1) is 0 Å². The molecule has 0 spiro atoms. The lowest BCUT2D eigenvalue weighted by molar-refractivity contribution is 0.104. The summed E-state index contributed by atoms with van der Waals surface area (Å²) in [5, 5.41) is 0.762. The van der Waals surface area contributed by atoms with Gasteiger partial charge in [-0.05, 0) is 36.4 Å². The number of rotatable bonds is 7. The van der Waals surface area contributed by atoms with E-state index in [4.69, 9.17) is 16.3 Å². The number of fused-ring (bicyclic) bond motifs is 1. The molecule has 0 saturated carbocycles. The second-order valence-corrected chi connectivity index (χ2v) is 9.62. The van der Waals surface area contributed by atoms with Gasteiger partial charge in [0.25, 0.3) is 10.0 Å². The van der Waals surface area contributed by atoms with Gasteiger partial charge in [0.2, 0.25) is 0 Å². The molecule has 0 saturated heterocycles. The molecule has 2 aromatic carbocycles. The summed E-state index contributed by atoms with van der Waals surface area (Å²) in [6.45, 7) is 0. The predicted octanol–water partition coefficient (Wildman–Crippen LogP) is 4.98. The van der Waals surface area contributed by atoms with Crippen molar-refractivity contribution in [2.75, 3.05) is 14.1 Å². The number of nitrogens with zero attached hydrogens (tertiary/aromatic N) is 3. The largest absolute Gasteiger partial charge is 0.456 e. The Kier molecular flexibility index (Phi) is 6.22. The SMILES string of the molecule is CN(C)/C=C/C(=O)c1cn(S(=O)(=O)c2ccccc2)c2nccc(Oc3cccc(Cl)c3)c12. The number of carbonyl (C=O) groups excluding carboxylic acids is 1. The molecular weight excluding hydrogens is 462 g/mol. The first-order valence-corrected chi connectivity index (χ1v) is 11.7. The Bertz CT molecular complexity index is 1460. The van der Waals surface area contributed by atoms with Gasteiger partial charge in [0.15, 0.2) is 11.4 Å². The molecule has 0 atom stereocenters. The first-order chi connectivity index (χ1) is 15.8. The van der Waals surface area contributed by atoms with Crippen LogP contribution in [0.15, 0.2) is 90.2 Å². The van der Waals surface area contributed by atoms with Crippen LogP contribution < -0.4 is 4.74 Å². The van der Waals surface area contributed by atoms with Crippen LogP contribution in [0.3, 0.4) is 0 Å². The van der Waals surface area contributed by atoms with E-state index in [-0.39, 0.29) is 33.0 Å². The zero-order valence-electron chi connectivity index (χ0n) is 17.8. The minimum absolute atomic E-state index is 0.0766. The molecule has 0 radical (unpaired) electrons. The van der Waals surface area contributed by atoms with Crippen LogP contribution in [0.25, 0.3) is 11.0 Å². The molecule has 9 heteroatoms. The van der Waals surface area contributed by atoms with Gasteiger partial charge in [-0.2, -0.15) is 0 Å². The van der Waals surface area contributed by atoms with Crippen molar-refractivity contribution in [3.8, 4) is 11.5 Å². The molecule has 33 heavy (non-hydrogen) atoms. The Labute approximate surface area is 196 Å². The normalized spacial score (nSPS) is 11.7. The summed E-state index contributed by atoms with van der Waals surface area (Å²) in [4.78, 5) is 19.1. The Morgan fingerprint density at radius 1 is 1.09 bits per heavy atom. The molecule has 0 aliphatic rings. The van der Waals surface area contributed by atoms with E-state index < -0.39 is 10.0 Å². The number of benzene rings is 2. The smallest absolute Gasteiger partial charge is 0.269 e. The Morgan fingerprint density at radius 3 is 2.55 bits per heavy atom. The van der Waals surface area contributed by atoms with E-state index in [1.807, 2.05) is 0 Å². The molecule has 2 aromatic heterocycles. The van der Waals surface area contributed by atoms with Gasteiger partial charge in [-0.3, -0.25) is 4.79 Å². The van der Waals surface area contributed by atoms with Gasteiger partial charge in [0.1, 0.15) is 11.5 Å². The minimum atomic E-state index is -4.02. The van der Waals surface area contributed by atoms with Gasteiger partial charge in [0, 0.05) is 43.8 Å². The Balaban J connectivity index is 1.95. The lowest BCUT2D eigenvalue weighted by Gasteiger charge is -2.09. The number of halogens is 1. The fourth-order valence-corrected chi connectivity index (χ4v) is 4.74. The maximum atomic E-state index is 13.4. The Morgan fingerprint density at radius 2 is 1.85 bits per heavy atom. The van der Waals surface area contributed by atoms with Crippen molar-refractivity contribution < 1.29 is 17.9 Å². The van der Waals surface area contributed by atoms with Gasteiger partial charge in [-0.1, -0.05) is 35.9 Å². The van der Waals surface area contributed by atoms with E-state index >= 15 is 0 Å². The Hall–Kier alpha value is -3.62. The van der Waals surface area contributed by atoms with Gasteiger partial charge < -0.3 is 9.64 Å². The van der Waals surface area contributed by atoms with Gasteiger partial charge in [0.05, 0.1) is 15.8 Å². The number of pyridine rings is 1. The molecule has 2 heterocycles. The first kappa shape index (κ1) is 22.6. The molecular formula is C24H20ClN3O4S. The highest BCUT2D eigenvalue weighted by molar-refractivity contribution is 7.90. The lowest BCUT2D eigenvalue weighted by atomic mass is 10.1. The van der Waals surface area contributed by atoms with E-state index in [1.165, 1.54) is 30.6 Å². The van der Waals surface area contributed by atoms with Crippen LogP contribution in [0.5, 0.6) is 11.5 Å². The summed E-state index contributed by atoms with van der Waals surface area (Å²) in [6, 6.07) is 16.3. The zero-order valence-corrected chi connectivity index (χ0v) is 19.4. The molecule has 7 nitrogen and oxygen atoms in total. The molecule has 4 aromatic rings. The zero-order chi connectivity index (χ0) is 23.6. The third-order valence-electron chi connectivity index (χ3n) is 4.73. The van der Waals surface area contributed by atoms with Gasteiger partial charge in [-0.25, -0.2) is 17.4 Å². The molecule has 0 N–H and O–H groups in total. The van der Waals surface area contributed by atoms with Crippen LogP contribution in [0, 0.1) is 0 Å². The average molecular weight is 482 g/mol. The number of ketones is 1. The van der Waals surface area contributed by atoms with Crippen LogP contribution in [0.2, 0.25) is 5.02 Å². The number of ether oxygens (including phenoxy) is 1. The van der Waals surface area contributed by atoms with Crippen molar-refractivity contribution in [3.63, 3.8) is 0 Å². The second-order valence-electron chi connectivity index (χ2n) is 7.37. The molecule has 0 aliphatic heterocycles. The molecule has 0 unspecified atom stereocenters. The maximum Gasteiger partial charge on any atom is 0.269 e. The molecule has 0 bridgehead atoms. The number of allylic oxidation sites excluding steroid dienone is 1. The first-order valence-electron chi connectivity index (χ1n) is 9.90. The third kappa shape index (κ3) is 4.62. The lowest BCUT2D eigenvalue weighted by Crippen LogP contribution is -2.12. The molecule has 168 valence electrons. The fourth-order valence-electron chi connectivity index (χ4n) is 3.22. The number of aromatic nitrogens is 2. The highest BCUT2D eigenvalue weighted by atomic mass is 35.5. The second kappa shape index (κ2) is 9.09. The summed E-state index contributed by atoms with van der Waals surface area (Å²) in [5.41, 5.74) is 0.229. The number of hydrogen-bond donors (Lipinski definition) is 0. The monoisotopic (exact) mass is 481 g/mol. The number of carbonyl (C=O) groups is 1. The standard InChI is InChI=1S/C24H20ClN3O4S/c1-27(2)14-12-21(29)20-16-28(33(30,31)19-9-4-3-5-10-19)24-23(20)22(11-13-26-24)32-18-8-6-7-17(25)15-18/h3-16H,1-2H3/b14-12+. The summed E-state index contributed by atoms with van der Waals surface area (Å²) in [7, 11) is -0.455. The van der Waals surface area contributed by atoms with Crippen LogP contribution >= 0.6 is 11.6 Å². The summed E-state index contributed by atoms with van der Waals surface area (Å²) < 4.78 is 33.8. The van der Waals surface area contributed by atoms with Gasteiger partial charge >= 0.3 is 0 Å². The highest BCUT2D eigenvalue weighted by Crippen LogP contribution is 2.35. The van der Waals surface area contributed by atoms with E-state index in [0.29, 0.717) is 10.8 Å². The third-order valence-corrected chi connectivity index (χ3v) is 6.63. The van der Waals surface area contributed by atoms with Crippen LogP contribution in [-0.2, 0) is 10.0 Å². The van der Waals surface area contributed by atoms with Crippen molar-refractivity contribution >= 4 is 38.4 Å². The molecule has 0 amide bonds. The van der Waals surface area contributed by atoms with Crippen molar-refractivity contribution in [2.24, 2.45) is 0 Å². The predicted molar refractivity (Wildman–Crippen MR) is 127 cm³/mol. The topological polar surface area (TPSA) is 81.5 Å². The highest BCUT2D eigenvalue weighted by Gasteiger charge is 2.26. The summed E-state index contributed by atoms with van der Waals surface area (Å²) in [5.74, 6) is 0.335. The summed E-state index contributed by atoms with van der Waals surface area (Å²) in [6.07, 6.45) is 5.67. The van der Waals surface area contributed by atoms with Crippen LogP contribution in [-0.4, -0.2) is 42.2 Å².